The van der Waals surface area contributed by atoms with E-state index in [0.717, 1.165) is 12.8 Å². The summed E-state index contributed by atoms with van der Waals surface area (Å²) < 4.78 is 4.69. The zero-order valence-electron chi connectivity index (χ0n) is 12.8. The first-order valence-electron chi connectivity index (χ1n) is 7.33. The highest BCUT2D eigenvalue weighted by molar-refractivity contribution is 6.35. The summed E-state index contributed by atoms with van der Waals surface area (Å²) in [6.07, 6.45) is 2.00. The van der Waals surface area contributed by atoms with E-state index in [-0.39, 0.29) is 24.2 Å². The van der Waals surface area contributed by atoms with E-state index in [4.69, 9.17) is 9.84 Å². The molecule has 1 amide bonds. The predicted octanol–water partition coefficient (Wildman–Crippen LogP) is 1.54. The average molecular weight is 314 g/mol. The molecule has 0 aromatic carbocycles. The van der Waals surface area contributed by atoms with Crippen molar-refractivity contribution in [1.82, 2.24) is 5.32 Å². The number of nitrogens with one attached hydrogen (secondary N) is 1. The molecule has 1 rings (SSSR count). The van der Waals surface area contributed by atoms with Crippen LogP contribution < -0.4 is 5.32 Å². The lowest BCUT2D eigenvalue weighted by atomic mass is 9.82. The molecule has 2 N–H and O–H groups in total. The van der Waals surface area contributed by atoms with Crippen LogP contribution in [-0.2, 0) is 19.2 Å². The predicted molar refractivity (Wildman–Crippen MR) is 77.3 cm³/mol. The number of hydrogen-bond acceptors (Lipinski definition) is 6. The summed E-state index contributed by atoms with van der Waals surface area (Å²) in [5.74, 6) is -1.43. The Morgan fingerprint density at radius 2 is 1.86 bits per heavy atom. The number of oxime groups is 1. The van der Waals surface area contributed by atoms with E-state index in [1.54, 1.807) is 6.92 Å². The van der Waals surface area contributed by atoms with E-state index in [1.807, 2.05) is 0 Å². The van der Waals surface area contributed by atoms with Crippen LogP contribution >= 0.6 is 0 Å². The molecule has 8 heteroatoms. The normalized spacial score (nSPS) is 21.8. The van der Waals surface area contributed by atoms with E-state index in [9.17, 15) is 14.4 Å². The third-order valence-corrected chi connectivity index (χ3v) is 3.57. The zero-order chi connectivity index (χ0) is 16.5. The van der Waals surface area contributed by atoms with Crippen molar-refractivity contribution in [3.8, 4) is 0 Å². The molecule has 0 aliphatic heterocycles. The van der Waals surface area contributed by atoms with E-state index in [2.05, 4.69) is 15.3 Å². The van der Waals surface area contributed by atoms with Crippen molar-refractivity contribution in [3.05, 3.63) is 0 Å². The quantitative estimate of drug-likeness (QED) is 0.333. The standard InChI is InChI=1S/C14H22N2O6/c1-3-21-13(19)9(2)16-22-14(20)15-8-10-4-6-11(7-5-10)12(17)18/h10-11H,3-8H2,1-2H3,(H,15,20)(H,17,18). The minimum atomic E-state index is -0.755. The zero-order valence-corrected chi connectivity index (χ0v) is 12.8. The van der Waals surface area contributed by atoms with Gasteiger partial charge in [-0.15, -0.1) is 0 Å². The molecule has 8 nitrogen and oxygen atoms in total. The molecular formula is C14H22N2O6. The third kappa shape index (κ3) is 6.11. The molecule has 0 radical (unpaired) electrons. The smallest absolute Gasteiger partial charge is 0.433 e. The van der Waals surface area contributed by atoms with Crippen LogP contribution in [-0.4, -0.2) is 42.0 Å². The van der Waals surface area contributed by atoms with Crippen LogP contribution in [0, 0.1) is 11.8 Å². The summed E-state index contributed by atoms with van der Waals surface area (Å²) in [4.78, 5) is 38.1. The molecule has 0 saturated heterocycles. The number of ether oxygens (including phenoxy) is 1. The van der Waals surface area contributed by atoms with Crippen LogP contribution in [0.25, 0.3) is 0 Å². The maximum absolute atomic E-state index is 11.5. The molecule has 22 heavy (non-hydrogen) atoms. The van der Waals surface area contributed by atoms with Crippen molar-refractivity contribution in [2.45, 2.75) is 39.5 Å². The Bertz CT molecular complexity index is 441. The lowest BCUT2D eigenvalue weighted by Crippen LogP contribution is -2.32. The second-order valence-electron chi connectivity index (χ2n) is 5.21. The van der Waals surface area contributed by atoms with E-state index in [1.165, 1.54) is 6.92 Å². The number of carbonyl (C=O) groups is 3. The Kier molecular flexibility index (Phi) is 7.34. The topological polar surface area (TPSA) is 114 Å². The Morgan fingerprint density at radius 1 is 1.23 bits per heavy atom. The molecule has 1 aliphatic rings. The molecule has 0 atom stereocenters. The highest BCUT2D eigenvalue weighted by Gasteiger charge is 2.26. The van der Waals surface area contributed by atoms with Gasteiger partial charge in [-0.25, -0.2) is 9.59 Å². The number of esters is 1. The third-order valence-electron chi connectivity index (χ3n) is 3.57. The fraction of sp³-hybridized carbons (Fsp3) is 0.714. The van der Waals surface area contributed by atoms with E-state index >= 15 is 0 Å². The summed E-state index contributed by atoms with van der Waals surface area (Å²) in [6, 6.07) is 0. The molecule has 0 bridgehead atoms. The number of carboxylic acids is 1. The largest absolute Gasteiger partial charge is 0.481 e. The van der Waals surface area contributed by atoms with Gasteiger partial charge in [-0.05, 0) is 45.4 Å². The van der Waals surface area contributed by atoms with Crippen molar-refractivity contribution >= 4 is 23.7 Å². The second kappa shape index (κ2) is 9.01. The molecule has 0 heterocycles. The molecule has 0 unspecified atom stereocenters. The van der Waals surface area contributed by atoms with E-state index in [0.29, 0.717) is 19.4 Å². The number of carboxylic acid groups (broad SMARTS) is 1. The first-order chi connectivity index (χ1) is 10.4. The molecule has 0 aromatic heterocycles. The summed E-state index contributed by atoms with van der Waals surface area (Å²) in [5, 5.41) is 14.9. The minimum Gasteiger partial charge on any atom is -0.481 e. The Hall–Kier alpha value is -2.12. The summed E-state index contributed by atoms with van der Waals surface area (Å²) in [7, 11) is 0. The number of amides is 1. The van der Waals surface area contributed by atoms with Gasteiger partial charge in [-0.2, -0.15) is 0 Å². The van der Waals surface area contributed by atoms with Gasteiger partial charge in [0.15, 0.2) is 5.71 Å². The molecule has 0 spiro atoms. The van der Waals surface area contributed by atoms with Gasteiger partial charge >= 0.3 is 18.0 Å². The van der Waals surface area contributed by atoms with Crippen molar-refractivity contribution in [2.24, 2.45) is 17.0 Å². The summed E-state index contributed by atoms with van der Waals surface area (Å²) in [5.41, 5.74) is -0.0426. The van der Waals surface area contributed by atoms with Crippen LogP contribution in [0.5, 0.6) is 0 Å². The lowest BCUT2D eigenvalue weighted by molar-refractivity contribution is -0.143. The van der Waals surface area contributed by atoms with Crippen LogP contribution in [0.2, 0.25) is 0 Å². The van der Waals surface area contributed by atoms with Gasteiger partial charge in [0.05, 0.1) is 12.5 Å². The number of nitrogens with zero attached hydrogens (tertiary/aromatic N) is 1. The maximum Gasteiger partial charge on any atom is 0.433 e. The van der Waals surface area contributed by atoms with Gasteiger partial charge in [-0.1, -0.05) is 5.16 Å². The number of carbonyl (C=O) groups excluding carboxylic acids is 2. The Balaban J connectivity index is 2.25. The van der Waals surface area contributed by atoms with Gasteiger partial charge in [0.2, 0.25) is 0 Å². The molecule has 1 saturated carbocycles. The van der Waals surface area contributed by atoms with Crippen LogP contribution in [0.15, 0.2) is 5.16 Å². The highest BCUT2D eigenvalue weighted by Crippen LogP contribution is 2.28. The molecule has 124 valence electrons. The lowest BCUT2D eigenvalue weighted by Gasteiger charge is -2.25. The summed E-state index contributed by atoms with van der Waals surface area (Å²) in [6.45, 7) is 3.67. The minimum absolute atomic E-state index is 0.0426. The number of rotatable bonds is 6. The Morgan fingerprint density at radius 3 is 2.41 bits per heavy atom. The fourth-order valence-corrected chi connectivity index (χ4v) is 2.26. The molecule has 1 aliphatic carbocycles. The molecular weight excluding hydrogens is 292 g/mol. The fourth-order valence-electron chi connectivity index (χ4n) is 2.26. The first-order valence-corrected chi connectivity index (χ1v) is 7.33. The van der Waals surface area contributed by atoms with Crippen molar-refractivity contribution in [1.29, 1.82) is 0 Å². The molecule has 0 aromatic rings. The van der Waals surface area contributed by atoms with Gasteiger partial charge < -0.3 is 15.2 Å². The summed E-state index contributed by atoms with van der Waals surface area (Å²) >= 11 is 0. The monoisotopic (exact) mass is 314 g/mol. The second-order valence-corrected chi connectivity index (χ2v) is 5.21. The SMILES string of the molecule is CCOC(=O)C(C)=NOC(=O)NCC1CCC(C(=O)O)CC1. The number of hydrogen-bond donors (Lipinski definition) is 2. The van der Waals surface area contributed by atoms with Crippen LogP contribution in [0.3, 0.4) is 0 Å². The van der Waals surface area contributed by atoms with Crippen molar-refractivity contribution in [3.63, 3.8) is 0 Å². The van der Waals surface area contributed by atoms with Gasteiger partial charge in [0.25, 0.3) is 0 Å². The Labute approximate surface area is 128 Å². The van der Waals surface area contributed by atoms with Crippen LogP contribution in [0.1, 0.15) is 39.5 Å². The van der Waals surface area contributed by atoms with Crippen LogP contribution in [0.4, 0.5) is 4.79 Å². The van der Waals surface area contributed by atoms with Crippen molar-refractivity contribution in [2.75, 3.05) is 13.2 Å². The van der Waals surface area contributed by atoms with Crippen molar-refractivity contribution < 1.29 is 29.1 Å². The first kappa shape index (κ1) is 17.9. The maximum atomic E-state index is 11.5. The number of aliphatic carboxylic acids is 1. The van der Waals surface area contributed by atoms with Gasteiger partial charge in [0.1, 0.15) is 0 Å². The average Bonchev–Trinajstić information content (AvgIpc) is 2.51. The highest BCUT2D eigenvalue weighted by atomic mass is 16.7. The van der Waals surface area contributed by atoms with Gasteiger partial charge in [0, 0.05) is 6.54 Å². The van der Waals surface area contributed by atoms with Gasteiger partial charge in [-0.3, -0.25) is 9.63 Å². The molecule has 1 fully saturated rings. The van der Waals surface area contributed by atoms with E-state index < -0.39 is 18.0 Å².